The summed E-state index contributed by atoms with van der Waals surface area (Å²) in [6.45, 7) is 8.87. The Morgan fingerprint density at radius 2 is 1.89 bits per heavy atom. The summed E-state index contributed by atoms with van der Waals surface area (Å²) in [6, 6.07) is 5.20. The average Bonchev–Trinajstić information content (AvgIpc) is 2.35. The van der Waals surface area contributed by atoms with Gasteiger partial charge in [0, 0.05) is 13.1 Å². The molecule has 1 rings (SSSR count). The third-order valence-corrected chi connectivity index (χ3v) is 5.08. The predicted octanol–water partition coefficient (Wildman–Crippen LogP) is 2.02. The van der Waals surface area contributed by atoms with Crippen LogP contribution in [0.3, 0.4) is 0 Å². The van der Waals surface area contributed by atoms with Gasteiger partial charge in [0.25, 0.3) is 0 Å². The molecular weight excluding hydrogens is 260 g/mol. The van der Waals surface area contributed by atoms with Crippen LogP contribution in [0.15, 0.2) is 23.1 Å². The van der Waals surface area contributed by atoms with Crippen LogP contribution < -0.4 is 10.5 Å². The molecule has 0 saturated heterocycles. The van der Waals surface area contributed by atoms with Crippen molar-refractivity contribution in [2.24, 2.45) is 17.6 Å². The third kappa shape index (κ3) is 4.30. The van der Waals surface area contributed by atoms with Crippen molar-refractivity contribution in [3.8, 4) is 0 Å². The molecule has 0 aliphatic rings. The van der Waals surface area contributed by atoms with Gasteiger partial charge in [0.15, 0.2) is 0 Å². The molecular formula is C14H24N2O2S. The van der Waals surface area contributed by atoms with Crippen molar-refractivity contribution in [2.45, 2.75) is 39.1 Å². The fraction of sp³-hybridized carbons (Fsp3) is 0.571. The van der Waals surface area contributed by atoms with Crippen LogP contribution in [0.1, 0.15) is 31.9 Å². The fourth-order valence-electron chi connectivity index (χ4n) is 1.69. The van der Waals surface area contributed by atoms with Gasteiger partial charge in [-0.05, 0) is 36.0 Å². The van der Waals surface area contributed by atoms with Gasteiger partial charge in [-0.3, -0.25) is 0 Å². The molecule has 0 saturated carbocycles. The maximum Gasteiger partial charge on any atom is 0.240 e. The molecule has 0 bridgehead atoms. The number of aryl methyl sites for hydroxylation is 1. The molecule has 3 N–H and O–H groups in total. The van der Waals surface area contributed by atoms with Crippen LogP contribution in [0.2, 0.25) is 0 Å². The van der Waals surface area contributed by atoms with Gasteiger partial charge in [0.2, 0.25) is 10.0 Å². The van der Waals surface area contributed by atoms with Gasteiger partial charge < -0.3 is 5.73 Å². The van der Waals surface area contributed by atoms with E-state index in [1.165, 1.54) is 0 Å². The summed E-state index contributed by atoms with van der Waals surface area (Å²) in [6.07, 6.45) is 0. The van der Waals surface area contributed by atoms with Crippen molar-refractivity contribution in [1.29, 1.82) is 0 Å². The van der Waals surface area contributed by atoms with Gasteiger partial charge in [-0.1, -0.05) is 32.9 Å². The molecule has 1 aromatic rings. The average molecular weight is 284 g/mol. The first kappa shape index (κ1) is 16.1. The molecule has 0 aromatic heterocycles. The van der Waals surface area contributed by atoms with E-state index in [4.69, 9.17) is 5.73 Å². The molecule has 0 radical (unpaired) electrons. The van der Waals surface area contributed by atoms with Crippen LogP contribution in [0, 0.1) is 18.8 Å². The number of rotatable bonds is 6. The van der Waals surface area contributed by atoms with Crippen molar-refractivity contribution in [1.82, 2.24) is 4.72 Å². The van der Waals surface area contributed by atoms with E-state index >= 15 is 0 Å². The summed E-state index contributed by atoms with van der Waals surface area (Å²) in [5.41, 5.74) is 7.21. The van der Waals surface area contributed by atoms with Gasteiger partial charge in [0.1, 0.15) is 0 Å². The highest BCUT2D eigenvalue weighted by Crippen LogP contribution is 2.17. The van der Waals surface area contributed by atoms with Crippen molar-refractivity contribution >= 4 is 10.0 Å². The third-order valence-electron chi connectivity index (χ3n) is 3.50. The lowest BCUT2D eigenvalue weighted by atomic mass is 9.99. The van der Waals surface area contributed by atoms with Crippen LogP contribution in [0.4, 0.5) is 0 Å². The Balaban J connectivity index is 2.89. The van der Waals surface area contributed by atoms with Crippen LogP contribution in [-0.2, 0) is 16.6 Å². The number of sulfonamides is 1. The molecule has 0 fully saturated rings. The number of hydrogen-bond donors (Lipinski definition) is 2. The summed E-state index contributed by atoms with van der Waals surface area (Å²) in [5, 5.41) is 0. The molecule has 4 nitrogen and oxygen atoms in total. The Kier molecular flexibility index (Phi) is 5.52. The molecule has 0 amide bonds. The molecule has 1 atom stereocenters. The molecule has 1 unspecified atom stereocenters. The van der Waals surface area contributed by atoms with Crippen molar-refractivity contribution in [3.63, 3.8) is 0 Å². The molecule has 0 aliphatic heterocycles. The second-order valence-electron chi connectivity index (χ2n) is 5.38. The maximum absolute atomic E-state index is 12.2. The van der Waals surface area contributed by atoms with Crippen molar-refractivity contribution < 1.29 is 8.42 Å². The van der Waals surface area contributed by atoms with E-state index in [1.807, 2.05) is 13.0 Å². The van der Waals surface area contributed by atoms with E-state index in [-0.39, 0.29) is 0 Å². The minimum absolute atomic E-state index is 0.304. The second-order valence-corrected chi connectivity index (χ2v) is 7.11. The Labute approximate surface area is 116 Å². The molecule has 108 valence electrons. The first-order valence-corrected chi connectivity index (χ1v) is 8.05. The van der Waals surface area contributed by atoms with Crippen LogP contribution in [0.25, 0.3) is 0 Å². The van der Waals surface area contributed by atoms with Gasteiger partial charge in [-0.2, -0.15) is 0 Å². The van der Waals surface area contributed by atoms with Crippen molar-refractivity contribution in [3.05, 3.63) is 29.3 Å². The Morgan fingerprint density at radius 3 is 2.37 bits per heavy atom. The van der Waals surface area contributed by atoms with Crippen LogP contribution in [0.5, 0.6) is 0 Å². The van der Waals surface area contributed by atoms with E-state index in [2.05, 4.69) is 18.6 Å². The first-order valence-electron chi connectivity index (χ1n) is 6.57. The highest BCUT2D eigenvalue weighted by atomic mass is 32.2. The summed E-state index contributed by atoms with van der Waals surface area (Å²) in [5.74, 6) is 0.752. The van der Waals surface area contributed by atoms with Crippen LogP contribution in [-0.4, -0.2) is 15.0 Å². The van der Waals surface area contributed by atoms with Gasteiger partial charge in [-0.25, -0.2) is 13.1 Å². The number of hydrogen-bond acceptors (Lipinski definition) is 3. The molecule has 1 aromatic carbocycles. The highest BCUT2D eigenvalue weighted by molar-refractivity contribution is 7.89. The SMILES string of the molecule is Cc1cc(CN)ccc1S(=O)(=O)NCC(C)C(C)C. The number of nitrogens with two attached hydrogens (primary N) is 1. The first-order chi connectivity index (χ1) is 8.77. The second kappa shape index (κ2) is 6.50. The van der Waals surface area contributed by atoms with E-state index < -0.39 is 10.0 Å². The summed E-state index contributed by atoms with van der Waals surface area (Å²) >= 11 is 0. The smallest absolute Gasteiger partial charge is 0.240 e. The zero-order valence-electron chi connectivity index (χ0n) is 12.1. The lowest BCUT2D eigenvalue weighted by Crippen LogP contribution is -2.30. The Bertz CT molecular complexity index is 524. The largest absolute Gasteiger partial charge is 0.326 e. The quantitative estimate of drug-likeness (QED) is 0.839. The van der Waals surface area contributed by atoms with Gasteiger partial charge in [0.05, 0.1) is 4.90 Å². The topological polar surface area (TPSA) is 72.2 Å². The number of nitrogens with one attached hydrogen (secondary N) is 1. The lowest BCUT2D eigenvalue weighted by molar-refractivity contribution is 0.414. The van der Waals surface area contributed by atoms with E-state index in [9.17, 15) is 8.42 Å². The van der Waals surface area contributed by atoms with E-state index in [0.717, 1.165) is 11.1 Å². The normalized spacial score (nSPS) is 13.8. The van der Waals surface area contributed by atoms with Gasteiger partial charge >= 0.3 is 0 Å². The zero-order valence-corrected chi connectivity index (χ0v) is 12.9. The molecule has 0 aliphatic carbocycles. The molecule has 5 heteroatoms. The number of benzene rings is 1. The minimum atomic E-state index is -3.44. The van der Waals surface area contributed by atoms with E-state index in [1.54, 1.807) is 19.1 Å². The predicted molar refractivity (Wildman–Crippen MR) is 78.3 cm³/mol. The summed E-state index contributed by atoms with van der Waals surface area (Å²) in [4.78, 5) is 0.334. The summed E-state index contributed by atoms with van der Waals surface area (Å²) in [7, 11) is -3.44. The molecule has 0 spiro atoms. The lowest BCUT2D eigenvalue weighted by Gasteiger charge is -2.17. The van der Waals surface area contributed by atoms with Crippen LogP contribution >= 0.6 is 0 Å². The fourth-order valence-corrected chi connectivity index (χ4v) is 3.06. The van der Waals surface area contributed by atoms with Gasteiger partial charge in [-0.15, -0.1) is 0 Å². The standard InChI is InChI=1S/C14H24N2O2S/c1-10(2)12(4)9-16-19(17,18)14-6-5-13(8-15)7-11(14)3/h5-7,10,12,16H,8-9,15H2,1-4H3. The van der Waals surface area contributed by atoms with Crippen molar-refractivity contribution in [2.75, 3.05) is 6.54 Å². The van der Waals surface area contributed by atoms with E-state index in [0.29, 0.717) is 29.8 Å². The monoisotopic (exact) mass is 284 g/mol. The maximum atomic E-state index is 12.2. The zero-order chi connectivity index (χ0) is 14.6. The highest BCUT2D eigenvalue weighted by Gasteiger charge is 2.18. The molecule has 19 heavy (non-hydrogen) atoms. The molecule has 0 heterocycles. The Hall–Kier alpha value is -0.910. The Morgan fingerprint density at radius 1 is 1.26 bits per heavy atom. The minimum Gasteiger partial charge on any atom is -0.326 e. The summed E-state index contributed by atoms with van der Waals surface area (Å²) < 4.78 is 27.2.